The van der Waals surface area contributed by atoms with Crippen LogP contribution in [0.3, 0.4) is 0 Å². The molecule has 3 aliphatic carbocycles. The number of carbonyl (C=O) groups excluding carboxylic acids is 3. The molecule has 0 radical (unpaired) electrons. The molecule has 1 amide bonds. The molecule has 0 saturated heterocycles. The van der Waals surface area contributed by atoms with E-state index in [2.05, 4.69) is 60.0 Å². The molecule has 6 atom stereocenters. The van der Waals surface area contributed by atoms with Gasteiger partial charge >= 0.3 is 0 Å². The van der Waals surface area contributed by atoms with Crippen molar-refractivity contribution in [3.05, 3.63) is 11.6 Å². The third-order valence-electron chi connectivity index (χ3n) is 12.4. The summed E-state index contributed by atoms with van der Waals surface area (Å²) in [6.07, 6.45) is 8.46. The molecular formula is C34H54N2O4. The Bertz CT molecular complexity index is 1110. The van der Waals surface area contributed by atoms with Crippen molar-refractivity contribution in [2.75, 3.05) is 7.11 Å². The molecule has 6 heteroatoms. The van der Waals surface area contributed by atoms with Crippen molar-refractivity contribution in [3.8, 4) is 6.07 Å². The number of Topliss-reactive ketones (excluding diaryl/α,β-unsaturated/α-hetero) is 2. The van der Waals surface area contributed by atoms with Crippen LogP contribution in [0.5, 0.6) is 0 Å². The molecule has 0 aliphatic heterocycles. The summed E-state index contributed by atoms with van der Waals surface area (Å²) in [5.74, 6) is 0.258. The highest BCUT2D eigenvalue weighted by Gasteiger charge is 2.63. The minimum atomic E-state index is -0.665. The van der Waals surface area contributed by atoms with Gasteiger partial charge in [-0.25, -0.2) is 5.48 Å². The molecule has 0 spiro atoms. The zero-order valence-electron chi connectivity index (χ0n) is 27.0. The first-order valence-corrected chi connectivity index (χ1v) is 15.2. The number of rotatable bonds is 8. The second-order valence-electron chi connectivity index (χ2n) is 16.0. The van der Waals surface area contributed by atoms with E-state index in [1.807, 2.05) is 19.9 Å². The van der Waals surface area contributed by atoms with E-state index in [1.54, 1.807) is 6.92 Å². The Morgan fingerprint density at radius 2 is 1.75 bits per heavy atom. The minimum absolute atomic E-state index is 0.0240. The molecule has 6 nitrogen and oxygen atoms in total. The Hall–Kier alpha value is -2.00. The first-order chi connectivity index (χ1) is 18.2. The SMILES string of the molecule is CONC(=O)[C@]1(CCC(C)(C)[C@]2(C)CC[C@H]3C(C)(C)C(=O)C(C#N)=C[C@]3(C)[C@H]2CC(C)=O)CCC(C)(C)CC1C. The maximum Gasteiger partial charge on any atom is 0.250 e. The van der Waals surface area contributed by atoms with Crippen LogP contribution in [-0.2, 0) is 19.2 Å². The van der Waals surface area contributed by atoms with E-state index < -0.39 is 16.2 Å². The number of hydroxylamine groups is 1. The van der Waals surface area contributed by atoms with Crippen LogP contribution in [-0.4, -0.2) is 24.6 Å². The Kier molecular flexibility index (Phi) is 8.68. The van der Waals surface area contributed by atoms with Crippen molar-refractivity contribution in [3.63, 3.8) is 0 Å². The Morgan fingerprint density at radius 1 is 1.12 bits per heavy atom. The van der Waals surface area contributed by atoms with Gasteiger partial charge in [-0.1, -0.05) is 68.4 Å². The second kappa shape index (κ2) is 10.7. The summed E-state index contributed by atoms with van der Waals surface area (Å²) in [4.78, 5) is 44.8. The van der Waals surface area contributed by atoms with Crippen LogP contribution in [0, 0.1) is 61.6 Å². The average molecular weight is 555 g/mol. The van der Waals surface area contributed by atoms with Gasteiger partial charge in [0.2, 0.25) is 5.91 Å². The summed E-state index contributed by atoms with van der Waals surface area (Å²) in [7, 11) is 1.50. The van der Waals surface area contributed by atoms with Gasteiger partial charge in [-0.15, -0.1) is 0 Å². The van der Waals surface area contributed by atoms with Crippen molar-refractivity contribution < 1.29 is 19.2 Å². The van der Waals surface area contributed by atoms with E-state index in [4.69, 9.17) is 4.84 Å². The normalized spacial score (nSPS) is 37.1. The van der Waals surface area contributed by atoms with E-state index in [1.165, 1.54) is 7.11 Å². The number of allylic oxidation sites excluding steroid dienone is 2. The summed E-state index contributed by atoms with van der Waals surface area (Å²) in [6.45, 7) is 21.5. The predicted molar refractivity (Wildman–Crippen MR) is 158 cm³/mol. The number of carbonyl (C=O) groups is 3. The fourth-order valence-corrected chi connectivity index (χ4v) is 9.48. The number of nitrogens with zero attached hydrogens (tertiary/aromatic N) is 1. The maximum atomic E-state index is 13.6. The lowest BCUT2D eigenvalue weighted by atomic mass is 9.39. The van der Waals surface area contributed by atoms with E-state index in [0.29, 0.717) is 6.42 Å². The molecular weight excluding hydrogens is 500 g/mol. The van der Waals surface area contributed by atoms with Crippen LogP contribution in [0.25, 0.3) is 0 Å². The fourth-order valence-electron chi connectivity index (χ4n) is 9.48. The maximum absolute atomic E-state index is 13.6. The van der Waals surface area contributed by atoms with Crippen molar-refractivity contribution in [2.45, 2.75) is 121 Å². The number of fused-ring (bicyclic) bond motifs is 1. The van der Waals surface area contributed by atoms with Crippen molar-refractivity contribution in [1.82, 2.24) is 5.48 Å². The lowest BCUT2D eigenvalue weighted by Crippen LogP contribution is -2.60. The van der Waals surface area contributed by atoms with Crippen LogP contribution in [0.4, 0.5) is 0 Å². The number of ketones is 2. The van der Waals surface area contributed by atoms with Gasteiger partial charge in [0.15, 0.2) is 5.78 Å². The fraction of sp³-hybridized carbons (Fsp3) is 0.824. The third-order valence-corrected chi connectivity index (χ3v) is 12.4. The summed E-state index contributed by atoms with van der Waals surface area (Å²) < 4.78 is 0. The molecule has 40 heavy (non-hydrogen) atoms. The highest BCUT2D eigenvalue weighted by Crippen LogP contribution is 2.68. The summed E-state index contributed by atoms with van der Waals surface area (Å²) in [5.41, 5.74) is 1.03. The van der Waals surface area contributed by atoms with Crippen LogP contribution in [0.2, 0.25) is 0 Å². The molecule has 0 bridgehead atoms. The average Bonchev–Trinajstić information content (AvgIpc) is 2.83. The number of amides is 1. The Labute approximate surface area is 243 Å². The second-order valence-corrected chi connectivity index (χ2v) is 16.0. The standard InChI is InChI=1S/C34H54N2O4/c1-22-19-29(3,4)14-16-34(22,28(39)36-40-11)17-15-30(5,6)33(10)13-12-25-31(7,8)27(38)24(21-35)20-32(25,9)26(33)18-23(2)37/h20,22,25-26H,12-19H2,1-11H3,(H,36,39)/t22?,25-,26+,32-,33+,34-/m0/s1. The van der Waals surface area contributed by atoms with Gasteiger partial charge in [0.05, 0.1) is 18.1 Å². The van der Waals surface area contributed by atoms with Crippen LogP contribution in [0.15, 0.2) is 11.6 Å². The van der Waals surface area contributed by atoms with Gasteiger partial charge in [-0.05, 0) is 91.3 Å². The van der Waals surface area contributed by atoms with E-state index >= 15 is 0 Å². The molecule has 3 rings (SSSR count). The van der Waals surface area contributed by atoms with Gasteiger partial charge < -0.3 is 4.79 Å². The topological polar surface area (TPSA) is 96.3 Å². The first kappa shape index (κ1) is 32.5. The lowest BCUT2D eigenvalue weighted by molar-refractivity contribution is -0.159. The minimum Gasteiger partial charge on any atom is -0.300 e. The van der Waals surface area contributed by atoms with Crippen LogP contribution in [0.1, 0.15) is 121 Å². The molecule has 1 N–H and O–H groups in total. The molecule has 224 valence electrons. The first-order valence-electron chi connectivity index (χ1n) is 15.2. The molecule has 0 heterocycles. The molecule has 3 aliphatic rings. The largest absolute Gasteiger partial charge is 0.300 e. The number of nitrogens with one attached hydrogen (secondary N) is 1. The van der Waals surface area contributed by atoms with Crippen molar-refractivity contribution >= 4 is 17.5 Å². The van der Waals surface area contributed by atoms with Crippen LogP contribution >= 0.6 is 0 Å². The molecule has 0 aromatic heterocycles. The summed E-state index contributed by atoms with van der Waals surface area (Å²) >= 11 is 0. The Balaban J connectivity index is 2.05. The van der Waals surface area contributed by atoms with Gasteiger partial charge in [-0.3, -0.25) is 14.4 Å². The summed E-state index contributed by atoms with van der Waals surface area (Å²) in [6, 6.07) is 2.19. The molecule has 2 saturated carbocycles. The molecule has 0 aromatic carbocycles. The zero-order valence-corrected chi connectivity index (χ0v) is 27.0. The van der Waals surface area contributed by atoms with Gasteiger partial charge in [0.25, 0.3) is 0 Å². The van der Waals surface area contributed by atoms with Crippen molar-refractivity contribution in [1.29, 1.82) is 5.26 Å². The number of nitriles is 1. The van der Waals surface area contributed by atoms with Crippen molar-refractivity contribution in [2.24, 2.45) is 50.2 Å². The van der Waals surface area contributed by atoms with E-state index in [9.17, 15) is 19.6 Å². The smallest absolute Gasteiger partial charge is 0.250 e. The lowest BCUT2D eigenvalue weighted by Gasteiger charge is -2.64. The van der Waals surface area contributed by atoms with Gasteiger partial charge in [-0.2, -0.15) is 5.26 Å². The van der Waals surface area contributed by atoms with Gasteiger partial charge in [0.1, 0.15) is 11.9 Å². The van der Waals surface area contributed by atoms with E-state index in [0.717, 1.165) is 44.9 Å². The van der Waals surface area contributed by atoms with Gasteiger partial charge in [0, 0.05) is 11.8 Å². The highest BCUT2D eigenvalue weighted by molar-refractivity contribution is 6.04. The monoisotopic (exact) mass is 554 g/mol. The predicted octanol–water partition coefficient (Wildman–Crippen LogP) is 7.38. The molecule has 1 unspecified atom stereocenters. The molecule has 2 fully saturated rings. The zero-order chi connectivity index (χ0) is 30.5. The number of hydrogen-bond donors (Lipinski definition) is 1. The Morgan fingerprint density at radius 3 is 2.27 bits per heavy atom. The molecule has 0 aromatic rings. The van der Waals surface area contributed by atoms with Crippen LogP contribution < -0.4 is 5.48 Å². The highest BCUT2D eigenvalue weighted by atomic mass is 16.6. The third kappa shape index (κ3) is 5.21. The number of hydrogen-bond acceptors (Lipinski definition) is 5. The summed E-state index contributed by atoms with van der Waals surface area (Å²) in [5, 5.41) is 9.92. The quantitative estimate of drug-likeness (QED) is 0.316. The van der Waals surface area contributed by atoms with E-state index in [-0.39, 0.29) is 57.0 Å².